The van der Waals surface area contributed by atoms with Gasteiger partial charge in [0.15, 0.2) is 0 Å². The number of hydrogen-bond acceptors (Lipinski definition) is 6. The summed E-state index contributed by atoms with van der Waals surface area (Å²) in [6.07, 6.45) is 5.15. The van der Waals surface area contributed by atoms with Crippen LogP contribution in [0, 0.1) is 0 Å². The molecule has 2 aromatic heterocycles. The Morgan fingerprint density at radius 1 is 1.20 bits per heavy atom. The summed E-state index contributed by atoms with van der Waals surface area (Å²) in [6, 6.07) is 11.6. The number of rotatable bonds is 6. The first-order valence-electron chi connectivity index (χ1n) is 9.89. The summed E-state index contributed by atoms with van der Waals surface area (Å²) in [7, 11) is 3.86. The van der Waals surface area contributed by atoms with Crippen LogP contribution in [-0.4, -0.2) is 57.9 Å². The average molecular weight is 406 g/mol. The van der Waals surface area contributed by atoms with E-state index in [9.17, 15) is 4.79 Å². The highest BCUT2D eigenvalue weighted by atomic mass is 16.5. The summed E-state index contributed by atoms with van der Waals surface area (Å²) < 4.78 is 7.82. The van der Waals surface area contributed by atoms with Crippen molar-refractivity contribution in [1.29, 1.82) is 0 Å². The lowest BCUT2D eigenvalue weighted by Gasteiger charge is -2.21. The second-order valence-electron chi connectivity index (χ2n) is 7.70. The summed E-state index contributed by atoms with van der Waals surface area (Å²) in [6.45, 7) is 1.97. The van der Waals surface area contributed by atoms with Crippen molar-refractivity contribution in [3.05, 3.63) is 66.1 Å². The van der Waals surface area contributed by atoms with E-state index in [2.05, 4.69) is 20.3 Å². The Hall–Kier alpha value is -3.23. The minimum absolute atomic E-state index is 0.102. The minimum atomic E-state index is -0.251. The lowest BCUT2D eigenvalue weighted by Crippen LogP contribution is -2.44. The lowest BCUT2D eigenvalue weighted by molar-refractivity contribution is 0.0323. The number of carbonyl (C=O) groups excluding carboxylic acids is 1. The number of benzene rings is 1. The van der Waals surface area contributed by atoms with Crippen LogP contribution in [0.1, 0.15) is 15.9 Å². The van der Waals surface area contributed by atoms with Crippen molar-refractivity contribution >= 4 is 11.7 Å². The van der Waals surface area contributed by atoms with Gasteiger partial charge in [-0.25, -0.2) is 4.98 Å². The maximum Gasteiger partial charge on any atom is 0.255 e. The van der Waals surface area contributed by atoms with Crippen molar-refractivity contribution in [2.75, 3.05) is 25.9 Å². The number of anilines is 1. The van der Waals surface area contributed by atoms with Crippen molar-refractivity contribution in [2.45, 2.75) is 18.8 Å². The summed E-state index contributed by atoms with van der Waals surface area (Å²) in [5.74, 6) is -0.0485. The molecule has 3 N–H and O–H groups in total. The molecule has 1 aromatic carbocycles. The molecular formula is C22H26N6O2. The van der Waals surface area contributed by atoms with Gasteiger partial charge in [0.05, 0.1) is 30.5 Å². The van der Waals surface area contributed by atoms with E-state index < -0.39 is 0 Å². The predicted molar refractivity (Wildman–Crippen MR) is 115 cm³/mol. The molecule has 0 aliphatic carbocycles. The quantitative estimate of drug-likeness (QED) is 0.647. The molecule has 1 aliphatic rings. The van der Waals surface area contributed by atoms with Crippen molar-refractivity contribution in [1.82, 2.24) is 25.0 Å². The van der Waals surface area contributed by atoms with Gasteiger partial charge in [0.25, 0.3) is 5.91 Å². The van der Waals surface area contributed by atoms with Gasteiger partial charge in [-0.15, -0.1) is 0 Å². The van der Waals surface area contributed by atoms with Crippen LogP contribution in [0.15, 0.2) is 55.0 Å². The summed E-state index contributed by atoms with van der Waals surface area (Å²) >= 11 is 0. The fourth-order valence-corrected chi connectivity index (χ4v) is 3.68. The zero-order valence-electron chi connectivity index (χ0n) is 17.2. The standard InChI is InChI=1S/C22H26N6O2/c1-27-12-19(20(13-27)30-14-15-6-4-3-5-7-15)26-22(29)18-8-16(9-24-21(18)23)17-10-25-28(2)11-17/h3-11,19-20H,12-14H2,1-2H3,(H2,23,24)(H,26,29)/t19?,20-/m0/s1. The van der Waals surface area contributed by atoms with Crippen molar-refractivity contribution in [2.24, 2.45) is 7.05 Å². The molecule has 4 rings (SSSR count). The molecule has 0 spiro atoms. The fourth-order valence-electron chi connectivity index (χ4n) is 3.68. The van der Waals surface area contributed by atoms with E-state index in [1.807, 2.05) is 50.6 Å². The van der Waals surface area contributed by atoms with Crippen molar-refractivity contribution in [3.8, 4) is 11.1 Å². The number of hydrogen-bond donors (Lipinski definition) is 2. The number of ether oxygens (including phenoxy) is 1. The largest absolute Gasteiger partial charge is 0.383 e. The normalized spacial score (nSPS) is 19.1. The Labute approximate surface area is 175 Å². The summed E-state index contributed by atoms with van der Waals surface area (Å²) in [4.78, 5) is 19.4. The van der Waals surface area contributed by atoms with Gasteiger partial charge in [0, 0.05) is 43.7 Å². The second-order valence-corrected chi connectivity index (χ2v) is 7.70. The Kier molecular flexibility index (Phi) is 5.78. The number of aromatic nitrogens is 3. The monoisotopic (exact) mass is 406 g/mol. The molecule has 2 atom stereocenters. The average Bonchev–Trinajstić information content (AvgIpc) is 3.32. The van der Waals surface area contributed by atoms with E-state index in [1.54, 1.807) is 23.1 Å². The third-order valence-electron chi connectivity index (χ3n) is 5.27. The Balaban J connectivity index is 1.46. The highest BCUT2D eigenvalue weighted by Gasteiger charge is 2.33. The first-order valence-corrected chi connectivity index (χ1v) is 9.89. The number of nitrogens with two attached hydrogens (primary N) is 1. The molecule has 30 heavy (non-hydrogen) atoms. The molecule has 0 bridgehead atoms. The molecule has 1 amide bonds. The van der Waals surface area contributed by atoms with Crippen LogP contribution >= 0.6 is 0 Å². The highest BCUT2D eigenvalue weighted by Crippen LogP contribution is 2.22. The number of aryl methyl sites for hydroxylation is 1. The lowest BCUT2D eigenvalue weighted by atomic mass is 10.1. The molecule has 8 nitrogen and oxygen atoms in total. The predicted octanol–water partition coefficient (Wildman–Crippen LogP) is 1.69. The van der Waals surface area contributed by atoms with Gasteiger partial charge in [-0.3, -0.25) is 9.48 Å². The molecule has 3 heterocycles. The van der Waals surface area contributed by atoms with Crippen LogP contribution in [0.5, 0.6) is 0 Å². The van der Waals surface area contributed by atoms with Gasteiger partial charge < -0.3 is 20.7 Å². The Morgan fingerprint density at radius 3 is 2.73 bits per heavy atom. The molecule has 1 saturated heterocycles. The molecule has 8 heteroatoms. The first kappa shape index (κ1) is 20.1. The summed E-state index contributed by atoms with van der Waals surface area (Å²) in [5.41, 5.74) is 9.14. The number of likely N-dealkylation sites (tertiary alicyclic amines) is 1. The van der Waals surface area contributed by atoms with E-state index in [-0.39, 0.29) is 23.9 Å². The smallest absolute Gasteiger partial charge is 0.255 e. The first-order chi connectivity index (χ1) is 14.5. The van der Waals surface area contributed by atoms with Crippen LogP contribution in [-0.2, 0) is 18.4 Å². The highest BCUT2D eigenvalue weighted by molar-refractivity contribution is 5.99. The summed E-state index contributed by atoms with van der Waals surface area (Å²) in [5, 5.41) is 7.26. The van der Waals surface area contributed by atoms with Crippen molar-refractivity contribution < 1.29 is 9.53 Å². The minimum Gasteiger partial charge on any atom is -0.383 e. The molecule has 0 saturated carbocycles. The van der Waals surface area contributed by atoms with Gasteiger partial charge in [0.2, 0.25) is 0 Å². The van der Waals surface area contributed by atoms with Crippen LogP contribution in [0.25, 0.3) is 11.1 Å². The van der Waals surface area contributed by atoms with E-state index in [0.29, 0.717) is 18.7 Å². The maximum absolute atomic E-state index is 13.0. The van der Waals surface area contributed by atoms with E-state index in [1.165, 1.54) is 0 Å². The van der Waals surface area contributed by atoms with Crippen molar-refractivity contribution in [3.63, 3.8) is 0 Å². The molecule has 1 unspecified atom stereocenters. The number of likely N-dealkylation sites (N-methyl/N-ethyl adjacent to an activating group) is 1. The third kappa shape index (κ3) is 4.50. The van der Waals surface area contributed by atoms with E-state index >= 15 is 0 Å². The second kappa shape index (κ2) is 8.64. The zero-order valence-corrected chi connectivity index (χ0v) is 17.2. The molecule has 1 fully saturated rings. The zero-order chi connectivity index (χ0) is 21.1. The van der Waals surface area contributed by atoms with Gasteiger partial charge >= 0.3 is 0 Å². The Bertz CT molecular complexity index is 1020. The van der Waals surface area contributed by atoms with Crippen LogP contribution in [0.4, 0.5) is 5.82 Å². The van der Waals surface area contributed by atoms with E-state index in [4.69, 9.17) is 10.5 Å². The van der Waals surface area contributed by atoms with Crippen LogP contribution in [0.3, 0.4) is 0 Å². The van der Waals surface area contributed by atoms with Gasteiger partial charge in [0.1, 0.15) is 5.82 Å². The SMILES string of the molecule is CN1CC(NC(=O)c2cc(-c3cnn(C)c3)cnc2N)[C@@H](OCc2ccccc2)C1. The molecule has 1 aliphatic heterocycles. The van der Waals surface area contributed by atoms with Gasteiger partial charge in [-0.05, 0) is 18.7 Å². The number of nitrogens with one attached hydrogen (secondary N) is 1. The molecule has 156 valence electrons. The number of nitrogens with zero attached hydrogens (tertiary/aromatic N) is 4. The van der Waals surface area contributed by atoms with Gasteiger partial charge in [-0.2, -0.15) is 5.10 Å². The maximum atomic E-state index is 13.0. The number of amides is 1. The van der Waals surface area contributed by atoms with Crippen LogP contribution < -0.4 is 11.1 Å². The number of pyridine rings is 1. The topological polar surface area (TPSA) is 98.3 Å². The van der Waals surface area contributed by atoms with Gasteiger partial charge in [-0.1, -0.05) is 30.3 Å². The van der Waals surface area contributed by atoms with Crippen LogP contribution in [0.2, 0.25) is 0 Å². The fraction of sp³-hybridized carbons (Fsp3) is 0.318. The molecular weight excluding hydrogens is 380 g/mol. The third-order valence-corrected chi connectivity index (χ3v) is 5.27. The number of nitrogen functional groups attached to an aromatic ring is 1. The van der Waals surface area contributed by atoms with E-state index in [0.717, 1.165) is 23.2 Å². The molecule has 3 aromatic rings. The number of carbonyl (C=O) groups is 1. The molecule has 0 radical (unpaired) electrons. The Morgan fingerprint density at radius 2 is 2.00 bits per heavy atom.